The van der Waals surface area contributed by atoms with Crippen LogP contribution in [0, 0.1) is 13.8 Å². The van der Waals surface area contributed by atoms with E-state index in [4.69, 9.17) is 14.2 Å². The highest BCUT2D eigenvalue weighted by molar-refractivity contribution is 5.96. The second-order valence-electron chi connectivity index (χ2n) is 7.39. The van der Waals surface area contributed by atoms with Crippen LogP contribution in [0.3, 0.4) is 0 Å². The molecule has 0 saturated carbocycles. The fourth-order valence-corrected chi connectivity index (χ4v) is 3.07. The summed E-state index contributed by atoms with van der Waals surface area (Å²) in [7, 11) is 3.10. The zero-order valence-corrected chi connectivity index (χ0v) is 19.1. The number of nitrogens with one attached hydrogen (secondary N) is 2. The van der Waals surface area contributed by atoms with E-state index >= 15 is 0 Å². The third-order valence-corrected chi connectivity index (χ3v) is 4.88. The monoisotopic (exact) mass is 442 g/mol. The van der Waals surface area contributed by atoms with E-state index in [9.17, 15) is 14.4 Å². The lowest BCUT2D eigenvalue weighted by atomic mass is 10.1. The van der Waals surface area contributed by atoms with Crippen LogP contribution in [0.4, 0.5) is 5.69 Å². The number of benzene rings is 2. The van der Waals surface area contributed by atoms with Gasteiger partial charge in [-0.2, -0.15) is 0 Å². The quantitative estimate of drug-likeness (QED) is 0.549. The molecule has 0 radical (unpaired) electrons. The number of esters is 1. The summed E-state index contributed by atoms with van der Waals surface area (Å²) < 4.78 is 15.6. The van der Waals surface area contributed by atoms with Crippen molar-refractivity contribution in [3.63, 3.8) is 0 Å². The van der Waals surface area contributed by atoms with Gasteiger partial charge >= 0.3 is 5.97 Å². The van der Waals surface area contributed by atoms with Crippen molar-refractivity contribution in [2.75, 3.05) is 26.1 Å². The topological polar surface area (TPSA) is 103 Å². The van der Waals surface area contributed by atoms with Crippen LogP contribution in [0.1, 0.15) is 30.0 Å². The van der Waals surface area contributed by atoms with E-state index in [1.807, 2.05) is 32.0 Å². The van der Waals surface area contributed by atoms with E-state index in [1.54, 1.807) is 32.4 Å². The Kier molecular flexibility index (Phi) is 9.07. The molecule has 32 heavy (non-hydrogen) atoms. The van der Waals surface area contributed by atoms with Crippen LogP contribution in [0.25, 0.3) is 0 Å². The van der Waals surface area contributed by atoms with Gasteiger partial charge in [0.25, 0.3) is 5.91 Å². The molecule has 2 rings (SSSR count). The minimum absolute atomic E-state index is 0.0843. The van der Waals surface area contributed by atoms with Gasteiger partial charge in [-0.15, -0.1) is 0 Å². The van der Waals surface area contributed by atoms with Gasteiger partial charge in [-0.3, -0.25) is 14.4 Å². The van der Waals surface area contributed by atoms with E-state index in [2.05, 4.69) is 10.6 Å². The van der Waals surface area contributed by atoms with Crippen molar-refractivity contribution in [3.05, 3.63) is 53.1 Å². The standard InChI is InChI=1S/C24H30N2O6/c1-15-7-6-8-16(2)23(15)26-21(27)14-25-24(29)17(3)32-22(28)10-9-18-11-19(30-4)13-20(12-18)31-5/h6-8,11-13,17H,9-10,14H2,1-5H3,(H,25,29)(H,26,27). The fourth-order valence-electron chi connectivity index (χ4n) is 3.07. The van der Waals surface area contributed by atoms with Gasteiger partial charge in [0.2, 0.25) is 5.91 Å². The molecule has 0 bridgehead atoms. The highest BCUT2D eigenvalue weighted by atomic mass is 16.5. The maximum absolute atomic E-state index is 12.2. The van der Waals surface area contributed by atoms with E-state index in [-0.39, 0.29) is 18.9 Å². The molecule has 1 atom stereocenters. The van der Waals surface area contributed by atoms with Gasteiger partial charge in [0, 0.05) is 18.2 Å². The number of hydrogen-bond acceptors (Lipinski definition) is 6. The molecule has 2 N–H and O–H groups in total. The Labute approximate surface area is 188 Å². The zero-order chi connectivity index (χ0) is 23.7. The molecular formula is C24H30N2O6. The molecule has 0 saturated heterocycles. The Morgan fingerprint density at radius 2 is 1.56 bits per heavy atom. The average molecular weight is 443 g/mol. The van der Waals surface area contributed by atoms with Gasteiger partial charge in [-0.25, -0.2) is 0 Å². The number of hydrogen-bond donors (Lipinski definition) is 2. The Morgan fingerprint density at radius 3 is 2.12 bits per heavy atom. The summed E-state index contributed by atoms with van der Waals surface area (Å²) in [5, 5.41) is 5.28. The molecule has 0 heterocycles. The normalized spacial score (nSPS) is 11.3. The third kappa shape index (κ3) is 7.30. The fraction of sp³-hybridized carbons (Fsp3) is 0.375. The second kappa shape index (κ2) is 11.7. The molecule has 8 heteroatoms. The number of para-hydroxylation sites is 1. The van der Waals surface area contributed by atoms with Crippen LogP contribution in [0.15, 0.2) is 36.4 Å². The maximum atomic E-state index is 12.2. The molecule has 2 aromatic rings. The Hall–Kier alpha value is -3.55. The maximum Gasteiger partial charge on any atom is 0.306 e. The largest absolute Gasteiger partial charge is 0.497 e. The van der Waals surface area contributed by atoms with Gasteiger partial charge in [-0.1, -0.05) is 18.2 Å². The van der Waals surface area contributed by atoms with E-state index < -0.39 is 18.0 Å². The number of ether oxygens (including phenoxy) is 3. The Bertz CT molecular complexity index is 930. The second-order valence-corrected chi connectivity index (χ2v) is 7.39. The molecule has 0 aliphatic heterocycles. The van der Waals surface area contributed by atoms with E-state index in [0.717, 1.165) is 22.4 Å². The molecular weight excluding hydrogens is 412 g/mol. The summed E-state index contributed by atoms with van der Waals surface area (Å²) in [4.78, 5) is 36.5. The van der Waals surface area contributed by atoms with Crippen LogP contribution in [0.5, 0.6) is 11.5 Å². The first-order chi connectivity index (χ1) is 15.2. The lowest BCUT2D eigenvalue weighted by Crippen LogP contribution is -2.40. The first-order valence-electron chi connectivity index (χ1n) is 10.3. The molecule has 2 aromatic carbocycles. The Morgan fingerprint density at radius 1 is 0.969 bits per heavy atom. The third-order valence-electron chi connectivity index (χ3n) is 4.88. The number of anilines is 1. The van der Waals surface area contributed by atoms with Crippen LogP contribution in [-0.2, 0) is 25.5 Å². The van der Waals surface area contributed by atoms with Crippen molar-refractivity contribution in [3.8, 4) is 11.5 Å². The van der Waals surface area contributed by atoms with E-state index in [1.165, 1.54) is 6.92 Å². The van der Waals surface area contributed by atoms with Crippen molar-refractivity contribution in [1.29, 1.82) is 0 Å². The smallest absolute Gasteiger partial charge is 0.306 e. The predicted molar refractivity (Wildman–Crippen MR) is 121 cm³/mol. The molecule has 8 nitrogen and oxygen atoms in total. The first-order valence-corrected chi connectivity index (χ1v) is 10.3. The first kappa shape index (κ1) is 24.7. The van der Waals surface area contributed by atoms with E-state index in [0.29, 0.717) is 17.9 Å². The number of amides is 2. The van der Waals surface area contributed by atoms with Crippen LogP contribution < -0.4 is 20.1 Å². The number of rotatable bonds is 10. The molecule has 2 amide bonds. The summed E-state index contributed by atoms with van der Waals surface area (Å²) in [6.07, 6.45) is -0.532. The molecule has 0 aliphatic rings. The van der Waals surface area contributed by atoms with Crippen molar-refractivity contribution >= 4 is 23.5 Å². The molecule has 0 fully saturated rings. The van der Waals surface area contributed by atoms with Gasteiger partial charge in [0.1, 0.15) is 11.5 Å². The highest BCUT2D eigenvalue weighted by Crippen LogP contribution is 2.23. The molecule has 0 spiro atoms. The van der Waals surface area contributed by atoms with Crippen molar-refractivity contribution < 1.29 is 28.6 Å². The molecule has 0 aromatic heterocycles. The van der Waals surface area contributed by atoms with Crippen molar-refractivity contribution in [2.45, 2.75) is 39.7 Å². The number of methoxy groups -OCH3 is 2. The highest BCUT2D eigenvalue weighted by Gasteiger charge is 2.19. The van der Waals surface area contributed by atoms with Gasteiger partial charge < -0.3 is 24.8 Å². The summed E-state index contributed by atoms with van der Waals surface area (Å²) in [6.45, 7) is 5.03. The van der Waals surface area contributed by atoms with Crippen LogP contribution in [-0.4, -0.2) is 44.7 Å². The molecule has 0 aliphatic carbocycles. The summed E-state index contributed by atoms with van der Waals surface area (Å²) in [5.41, 5.74) is 3.43. The predicted octanol–water partition coefficient (Wildman–Crippen LogP) is 2.94. The minimum atomic E-state index is -1.02. The molecule has 172 valence electrons. The van der Waals surface area contributed by atoms with Crippen LogP contribution in [0.2, 0.25) is 0 Å². The minimum Gasteiger partial charge on any atom is -0.497 e. The SMILES string of the molecule is COc1cc(CCC(=O)OC(C)C(=O)NCC(=O)Nc2c(C)cccc2C)cc(OC)c1. The summed E-state index contributed by atoms with van der Waals surface area (Å²) in [6, 6.07) is 11.0. The summed E-state index contributed by atoms with van der Waals surface area (Å²) in [5.74, 6) is -0.173. The zero-order valence-electron chi connectivity index (χ0n) is 19.1. The molecule has 1 unspecified atom stereocenters. The van der Waals surface area contributed by atoms with Crippen molar-refractivity contribution in [2.24, 2.45) is 0 Å². The lowest BCUT2D eigenvalue weighted by molar-refractivity contribution is -0.154. The van der Waals surface area contributed by atoms with Gasteiger partial charge in [0.15, 0.2) is 6.10 Å². The van der Waals surface area contributed by atoms with Gasteiger partial charge in [0.05, 0.1) is 20.8 Å². The number of carbonyl (C=O) groups is 3. The van der Waals surface area contributed by atoms with Crippen molar-refractivity contribution in [1.82, 2.24) is 5.32 Å². The number of carbonyl (C=O) groups excluding carboxylic acids is 3. The Balaban J connectivity index is 1.79. The van der Waals surface area contributed by atoms with Gasteiger partial charge in [-0.05, 0) is 56.0 Å². The average Bonchev–Trinajstić information content (AvgIpc) is 2.78. The lowest BCUT2D eigenvalue weighted by Gasteiger charge is -2.15. The van der Waals surface area contributed by atoms with Crippen LogP contribution >= 0.6 is 0 Å². The summed E-state index contributed by atoms with van der Waals surface area (Å²) >= 11 is 0. The number of aryl methyl sites for hydroxylation is 3.